The highest BCUT2D eigenvalue weighted by Crippen LogP contribution is 2.27. The van der Waals surface area contributed by atoms with Gasteiger partial charge in [-0.2, -0.15) is 23.1 Å². The van der Waals surface area contributed by atoms with Gasteiger partial charge in [0.1, 0.15) is 16.6 Å². The molecule has 0 fully saturated rings. The molecule has 10 N–H and O–H groups in total. The van der Waals surface area contributed by atoms with E-state index in [1.54, 1.807) is 100 Å². The van der Waals surface area contributed by atoms with Crippen LogP contribution >= 0.6 is 0 Å². The normalized spacial score (nSPS) is 11.0. The molecule has 4 aromatic carbocycles. The van der Waals surface area contributed by atoms with Gasteiger partial charge in [-0.3, -0.25) is 44.3 Å². The van der Waals surface area contributed by atoms with E-state index in [9.17, 15) is 51.5 Å². The smallest absolute Gasteiger partial charge is 0.471 e. The SMILES string of the molecule is CCC(=O)NCCNC(=O)c1ccc2c(c1)nc(Nc1nc3ccccc3o1)n2C.CN(C)CC(=O)NCCNC(=O)C(F)(F)F.CN(C)CC(=O)NCCNC(=O)OC(C)(C)C.CN(C)CC(=O)O.Cn1c(Nc2nc3ccccc3o2)nc2cc(C(=O)O)ccc21. The molecule has 0 bridgehead atoms. The van der Waals surface area contributed by atoms with Gasteiger partial charge in [-0.05, 0) is 124 Å². The van der Waals surface area contributed by atoms with E-state index in [0.29, 0.717) is 90.8 Å². The van der Waals surface area contributed by atoms with Crippen LogP contribution in [0.2, 0.25) is 0 Å². The average molecular weight is 1300 g/mol. The second-order valence-corrected chi connectivity index (χ2v) is 21.9. The summed E-state index contributed by atoms with van der Waals surface area (Å²) in [4.78, 5) is 111. The van der Waals surface area contributed by atoms with E-state index in [2.05, 4.69) is 57.2 Å². The number of aromatic carboxylic acids is 1. The minimum Gasteiger partial charge on any atom is -0.480 e. The Morgan fingerprint density at radius 2 is 0.935 bits per heavy atom. The van der Waals surface area contributed by atoms with Crippen molar-refractivity contribution in [3.8, 4) is 0 Å². The minimum atomic E-state index is -4.88. The molecule has 4 aromatic heterocycles. The van der Waals surface area contributed by atoms with Gasteiger partial charge in [0, 0.05) is 65.3 Å². The van der Waals surface area contributed by atoms with E-state index in [0.717, 1.165) is 22.1 Å². The Kier molecular flexibility index (Phi) is 28.9. The summed E-state index contributed by atoms with van der Waals surface area (Å²) < 4.78 is 55.1. The number of rotatable bonds is 22. The summed E-state index contributed by atoms with van der Waals surface area (Å²) in [6, 6.07) is 25.8. The number of nitrogens with zero attached hydrogens (tertiary/aromatic N) is 9. The van der Waals surface area contributed by atoms with Crippen LogP contribution in [0.4, 0.5) is 41.9 Å². The molecule has 0 unspecified atom stereocenters. The topological polar surface area (TPSA) is 380 Å². The lowest BCUT2D eigenvalue weighted by Crippen LogP contribution is -2.42. The van der Waals surface area contributed by atoms with Gasteiger partial charge in [-0.15, -0.1) is 0 Å². The number of benzene rings is 4. The van der Waals surface area contributed by atoms with Crippen LogP contribution in [0.25, 0.3) is 44.3 Å². The number of imidazole rings is 2. The molecule has 8 rings (SSSR count). The van der Waals surface area contributed by atoms with Crippen molar-refractivity contribution >= 4 is 116 Å². The van der Waals surface area contributed by atoms with Crippen molar-refractivity contribution < 1.29 is 75.3 Å². The van der Waals surface area contributed by atoms with E-state index in [1.165, 1.54) is 6.07 Å². The third-order valence-corrected chi connectivity index (χ3v) is 11.8. The summed E-state index contributed by atoms with van der Waals surface area (Å²) in [5.41, 5.74) is 6.01. The van der Waals surface area contributed by atoms with Crippen LogP contribution in [0, 0.1) is 0 Å². The van der Waals surface area contributed by atoms with E-state index < -0.39 is 35.7 Å². The summed E-state index contributed by atoms with van der Waals surface area (Å²) in [6.07, 6.45) is -4.93. The molecular weight excluding hydrogens is 1220 g/mol. The number of alkyl halides is 3. The first-order valence-electron chi connectivity index (χ1n) is 28.7. The number of hydrogen-bond donors (Lipinski definition) is 10. The molecule has 0 radical (unpaired) electrons. The Hall–Kier alpha value is -10.4. The maximum absolute atomic E-state index is 12.4. The number of halogens is 3. The number of carboxylic acids is 2. The number of aryl methyl sites for hydroxylation is 2. The van der Waals surface area contributed by atoms with Gasteiger partial charge < -0.3 is 74.6 Å². The van der Waals surface area contributed by atoms with E-state index in [4.69, 9.17) is 23.8 Å². The first kappa shape index (κ1) is 75.1. The van der Waals surface area contributed by atoms with Gasteiger partial charge in [0.25, 0.3) is 5.91 Å². The lowest BCUT2D eigenvalue weighted by molar-refractivity contribution is -0.173. The number of nitrogens with one attached hydrogen (secondary N) is 8. The molecule has 30 nitrogen and oxygen atoms in total. The number of carboxylic acid groups (broad SMARTS) is 2. The standard InChI is InChI=1S/C21H22N6O3.C16H12N4O3.C11H23N3O3.C8H14F3N3O2.C4H9NO2/c1-3-18(28)22-10-11-23-19(29)13-8-9-16-15(12-13)24-20(27(16)2)26-21-25-14-6-4-5-7-17(14)30-21;1-20-12-7-6-9(14(21)22)8-11(12)17-15(20)19-16-18-10-4-2-3-5-13(10)23-16;1-11(2,3)17-10(16)13-7-6-12-9(15)8-14(4)5;1-14(2)5-6(15)12-3-4-13-7(16)8(9,10)11;1-5(2)3-4(6)7/h4-9,12H,3,10-11H2,1-2H3,(H,22,28)(H,23,29)(H,24,25,26);2-8H,1H3,(H,21,22)(H,17,18,19);6-8H2,1-5H3,(H,12,15)(H,13,16);3-5H2,1-2H3,(H,12,15)(H,13,16);3H2,1-2H3,(H,6,7). The zero-order valence-electron chi connectivity index (χ0n) is 53.7. The van der Waals surface area contributed by atoms with Crippen molar-refractivity contribution in [2.24, 2.45) is 14.1 Å². The fourth-order valence-electron chi connectivity index (χ4n) is 7.66. The summed E-state index contributed by atoms with van der Waals surface area (Å²) in [5, 5.41) is 38.0. The van der Waals surface area contributed by atoms with E-state index in [-0.39, 0.29) is 55.4 Å². The van der Waals surface area contributed by atoms with Gasteiger partial charge in [0.05, 0.1) is 47.3 Å². The molecule has 0 saturated carbocycles. The summed E-state index contributed by atoms with van der Waals surface area (Å²) in [5.74, 6) is -3.34. The number of carbonyl (C=O) groups excluding carboxylic acids is 6. The van der Waals surface area contributed by atoms with Gasteiger partial charge in [0.15, 0.2) is 11.2 Å². The largest absolute Gasteiger partial charge is 0.480 e. The molecule has 0 aliphatic rings. The quantitative estimate of drug-likeness (QED) is 0.0397. The molecule has 8 aromatic rings. The number of aliphatic carboxylic acids is 1. The highest BCUT2D eigenvalue weighted by Gasteiger charge is 2.38. The number of likely N-dealkylation sites (N-methyl/N-ethyl adjacent to an activating group) is 3. The molecule has 0 saturated heterocycles. The maximum atomic E-state index is 12.4. The number of amides is 6. The molecular formula is C60H80F3N17O13. The zero-order chi connectivity index (χ0) is 69.2. The number of aromatic nitrogens is 6. The van der Waals surface area contributed by atoms with Gasteiger partial charge in [-0.1, -0.05) is 31.2 Å². The number of alkyl carbamates (subject to hydrolysis) is 1. The fraction of sp³-hybridized carbons (Fsp3) is 0.400. The minimum absolute atomic E-state index is 0.0332. The van der Waals surface area contributed by atoms with Crippen LogP contribution in [0.3, 0.4) is 0 Å². The van der Waals surface area contributed by atoms with Gasteiger partial charge in [0.2, 0.25) is 29.6 Å². The van der Waals surface area contributed by atoms with Crippen molar-refractivity contribution in [3.63, 3.8) is 0 Å². The Balaban J connectivity index is 0.000000263. The summed E-state index contributed by atoms with van der Waals surface area (Å²) in [6.45, 7) is 8.98. The van der Waals surface area contributed by atoms with Crippen molar-refractivity contribution in [2.45, 2.75) is 45.9 Å². The number of oxazole rings is 2. The molecule has 0 aliphatic carbocycles. The number of para-hydroxylation sites is 4. The number of hydrogen-bond acceptors (Lipinski definition) is 20. The van der Waals surface area contributed by atoms with Crippen LogP contribution in [0.1, 0.15) is 54.8 Å². The summed E-state index contributed by atoms with van der Waals surface area (Å²) >= 11 is 0. The summed E-state index contributed by atoms with van der Waals surface area (Å²) in [7, 11) is 14.1. The zero-order valence-corrected chi connectivity index (χ0v) is 53.7. The monoisotopic (exact) mass is 1300 g/mol. The second-order valence-electron chi connectivity index (χ2n) is 21.9. The second kappa shape index (κ2) is 35.8. The van der Waals surface area contributed by atoms with Crippen molar-refractivity contribution in [1.29, 1.82) is 0 Å². The van der Waals surface area contributed by atoms with Crippen molar-refractivity contribution in [1.82, 2.24) is 75.7 Å². The third kappa shape index (κ3) is 26.5. The third-order valence-electron chi connectivity index (χ3n) is 11.8. The molecule has 4 heterocycles. The molecule has 504 valence electrons. The molecule has 93 heavy (non-hydrogen) atoms. The predicted octanol–water partition coefficient (Wildman–Crippen LogP) is 5.03. The Morgan fingerprint density at radius 1 is 0.527 bits per heavy atom. The lowest BCUT2D eigenvalue weighted by atomic mass is 10.2. The molecule has 6 amide bonds. The van der Waals surface area contributed by atoms with Gasteiger partial charge >= 0.3 is 42.1 Å². The number of fused-ring (bicyclic) bond motifs is 4. The first-order chi connectivity index (χ1) is 43.7. The number of ether oxygens (including phenoxy) is 1. The highest BCUT2D eigenvalue weighted by atomic mass is 19.4. The van der Waals surface area contributed by atoms with Crippen LogP contribution < -0.4 is 42.5 Å². The Bertz CT molecular complexity index is 3750. The first-order valence-corrected chi connectivity index (χ1v) is 28.7. The average Bonchev–Trinajstić information content (AvgIpc) is 1.66. The van der Waals surface area contributed by atoms with E-state index >= 15 is 0 Å². The Morgan fingerprint density at radius 3 is 1.33 bits per heavy atom. The molecule has 0 atom stereocenters. The van der Waals surface area contributed by atoms with Crippen LogP contribution in [-0.2, 0) is 42.8 Å². The fourth-order valence-corrected chi connectivity index (χ4v) is 7.66. The van der Waals surface area contributed by atoms with Crippen LogP contribution in [0.5, 0.6) is 0 Å². The van der Waals surface area contributed by atoms with E-state index in [1.807, 2.05) is 91.9 Å². The molecule has 33 heteroatoms. The number of anilines is 4. The molecule has 0 aliphatic heterocycles. The predicted molar refractivity (Wildman–Crippen MR) is 341 cm³/mol. The van der Waals surface area contributed by atoms with Gasteiger partial charge in [-0.25, -0.2) is 19.6 Å². The Labute approximate surface area is 533 Å². The lowest BCUT2D eigenvalue weighted by Gasteiger charge is -2.19. The van der Waals surface area contributed by atoms with Crippen LogP contribution in [-0.4, -0.2) is 215 Å². The molecule has 0 spiro atoms. The van der Waals surface area contributed by atoms with Crippen LogP contribution in [0.15, 0.2) is 93.8 Å². The van der Waals surface area contributed by atoms with Crippen molar-refractivity contribution in [2.75, 3.05) is 112 Å². The van der Waals surface area contributed by atoms with Crippen molar-refractivity contribution in [3.05, 3.63) is 96.1 Å². The maximum Gasteiger partial charge on any atom is 0.471 e. The number of carbonyl (C=O) groups is 8. The highest BCUT2D eigenvalue weighted by molar-refractivity contribution is 5.98.